The van der Waals surface area contributed by atoms with Crippen LogP contribution < -0.4 is 0 Å². The Balaban J connectivity index is 2.34. The molecule has 2 fully saturated rings. The molecule has 2 aliphatic heterocycles. The van der Waals surface area contributed by atoms with Crippen LogP contribution in [0.25, 0.3) is 0 Å². The monoisotopic (exact) mass is 269 g/mol. The van der Waals surface area contributed by atoms with E-state index < -0.39 is 22.9 Å². The summed E-state index contributed by atoms with van der Waals surface area (Å²) in [5.41, 5.74) is -2.24. The highest BCUT2D eigenvalue weighted by atomic mass is 79.9. The van der Waals surface area contributed by atoms with Gasteiger partial charge in [0.25, 0.3) is 0 Å². The second-order valence-electron chi connectivity index (χ2n) is 3.84. The van der Waals surface area contributed by atoms with E-state index in [2.05, 4.69) is 15.9 Å². The highest BCUT2D eigenvalue weighted by Crippen LogP contribution is 2.48. The van der Waals surface area contributed by atoms with Crippen molar-refractivity contribution in [3.05, 3.63) is 0 Å². The number of fused-ring (bicyclic) bond motifs is 1. The van der Waals surface area contributed by atoms with E-state index >= 15 is 0 Å². The number of halogens is 3. The number of carbonyl (C=O) groups is 1. The standard InChI is InChI=1S/C8H10BrF2NO2/c9-8(10,11)7(14)4-6(13)12-3-1-2-5(7)12/h5,14H,1-4H2. The molecular weight excluding hydrogens is 260 g/mol. The predicted octanol–water partition coefficient (Wildman–Crippen LogP) is 1.10. The average Bonchev–Trinajstić information content (AvgIpc) is 2.55. The number of hydrogen-bond donors (Lipinski definition) is 1. The second kappa shape index (κ2) is 2.88. The van der Waals surface area contributed by atoms with Crippen LogP contribution >= 0.6 is 15.9 Å². The molecule has 2 aliphatic rings. The summed E-state index contributed by atoms with van der Waals surface area (Å²) in [6.45, 7) is 0.481. The Morgan fingerprint density at radius 3 is 2.86 bits per heavy atom. The highest BCUT2D eigenvalue weighted by Gasteiger charge is 2.64. The fraction of sp³-hybridized carbons (Fsp3) is 0.875. The molecule has 2 atom stereocenters. The molecule has 14 heavy (non-hydrogen) atoms. The van der Waals surface area contributed by atoms with Gasteiger partial charge in [-0.15, -0.1) is 0 Å². The summed E-state index contributed by atoms with van der Waals surface area (Å²) in [4.78, 5) is 9.28. The zero-order valence-corrected chi connectivity index (χ0v) is 8.93. The first-order chi connectivity index (χ1) is 6.36. The van der Waals surface area contributed by atoms with E-state index in [9.17, 15) is 18.7 Å². The van der Waals surface area contributed by atoms with Gasteiger partial charge < -0.3 is 10.0 Å². The fourth-order valence-corrected chi connectivity index (χ4v) is 2.71. The molecule has 2 rings (SSSR count). The van der Waals surface area contributed by atoms with Crippen LogP contribution in [0.5, 0.6) is 0 Å². The van der Waals surface area contributed by atoms with Crippen LogP contribution in [0, 0.1) is 0 Å². The van der Waals surface area contributed by atoms with E-state index in [0.29, 0.717) is 19.4 Å². The number of nitrogens with zero attached hydrogens (tertiary/aromatic N) is 1. The van der Waals surface area contributed by atoms with Gasteiger partial charge in [0.15, 0.2) is 5.60 Å². The zero-order chi connectivity index (χ0) is 10.6. The van der Waals surface area contributed by atoms with E-state index in [-0.39, 0.29) is 5.91 Å². The Hall–Kier alpha value is -0.230. The van der Waals surface area contributed by atoms with Crippen LogP contribution in [0.1, 0.15) is 19.3 Å². The maximum Gasteiger partial charge on any atom is 0.331 e. The fourth-order valence-electron chi connectivity index (χ4n) is 2.30. The first-order valence-electron chi connectivity index (χ1n) is 4.45. The van der Waals surface area contributed by atoms with Crippen LogP contribution in [0.2, 0.25) is 0 Å². The van der Waals surface area contributed by atoms with Gasteiger partial charge in [-0.1, -0.05) is 0 Å². The minimum absolute atomic E-state index is 0.380. The largest absolute Gasteiger partial charge is 0.380 e. The third-order valence-electron chi connectivity index (χ3n) is 3.04. The number of alkyl halides is 3. The zero-order valence-electron chi connectivity index (χ0n) is 7.34. The molecule has 0 aromatic rings. The maximum atomic E-state index is 13.1. The molecule has 0 aliphatic carbocycles. The molecule has 2 unspecified atom stereocenters. The topological polar surface area (TPSA) is 40.5 Å². The minimum Gasteiger partial charge on any atom is -0.380 e. The summed E-state index contributed by atoms with van der Waals surface area (Å²) in [7, 11) is 0. The number of aliphatic hydroxyl groups is 1. The molecular formula is C8H10BrF2NO2. The molecule has 0 aromatic carbocycles. The van der Waals surface area contributed by atoms with Crippen molar-refractivity contribution in [1.82, 2.24) is 4.90 Å². The lowest BCUT2D eigenvalue weighted by atomic mass is 9.93. The van der Waals surface area contributed by atoms with Gasteiger partial charge >= 0.3 is 4.83 Å². The molecule has 1 amide bonds. The van der Waals surface area contributed by atoms with Gasteiger partial charge in [-0.3, -0.25) is 4.79 Å². The maximum absolute atomic E-state index is 13.1. The number of carbonyl (C=O) groups excluding carboxylic acids is 1. The first kappa shape index (κ1) is 10.3. The molecule has 0 aromatic heterocycles. The summed E-state index contributed by atoms with van der Waals surface area (Å²) in [5.74, 6) is -0.380. The van der Waals surface area contributed by atoms with Gasteiger partial charge in [-0.05, 0) is 28.8 Å². The van der Waals surface area contributed by atoms with Gasteiger partial charge in [-0.25, -0.2) is 0 Å². The first-order valence-corrected chi connectivity index (χ1v) is 5.24. The quantitative estimate of drug-likeness (QED) is 0.725. The lowest BCUT2D eigenvalue weighted by molar-refractivity contribution is -0.132. The van der Waals surface area contributed by atoms with Crippen molar-refractivity contribution >= 4 is 21.8 Å². The van der Waals surface area contributed by atoms with E-state index in [1.54, 1.807) is 0 Å². The molecule has 2 saturated heterocycles. The van der Waals surface area contributed by atoms with E-state index in [0.717, 1.165) is 0 Å². The van der Waals surface area contributed by atoms with Crippen LogP contribution in [-0.2, 0) is 4.79 Å². The smallest absolute Gasteiger partial charge is 0.331 e. The Morgan fingerprint density at radius 1 is 1.64 bits per heavy atom. The molecule has 80 valence electrons. The van der Waals surface area contributed by atoms with Crippen molar-refractivity contribution < 1.29 is 18.7 Å². The van der Waals surface area contributed by atoms with Gasteiger partial charge in [0.1, 0.15) is 0 Å². The van der Waals surface area contributed by atoms with Crippen molar-refractivity contribution in [3.8, 4) is 0 Å². The molecule has 2 heterocycles. The molecule has 0 saturated carbocycles. The summed E-state index contributed by atoms with van der Waals surface area (Å²) >= 11 is 2.16. The third-order valence-corrected chi connectivity index (χ3v) is 3.72. The van der Waals surface area contributed by atoms with Crippen molar-refractivity contribution in [2.75, 3.05) is 6.54 Å². The van der Waals surface area contributed by atoms with Crippen LogP contribution in [0.15, 0.2) is 0 Å². The molecule has 0 radical (unpaired) electrons. The highest BCUT2D eigenvalue weighted by molar-refractivity contribution is 9.10. The average molecular weight is 270 g/mol. The predicted molar refractivity (Wildman–Crippen MR) is 48.2 cm³/mol. The number of hydrogen-bond acceptors (Lipinski definition) is 2. The van der Waals surface area contributed by atoms with Gasteiger partial charge in [0, 0.05) is 6.54 Å². The van der Waals surface area contributed by atoms with Gasteiger partial charge in [0.05, 0.1) is 12.5 Å². The lowest BCUT2D eigenvalue weighted by Gasteiger charge is -2.32. The summed E-state index contributed by atoms with van der Waals surface area (Å²) in [6, 6.07) is -0.732. The summed E-state index contributed by atoms with van der Waals surface area (Å²) in [6.07, 6.45) is 0.640. The van der Waals surface area contributed by atoms with Gasteiger partial charge in [-0.2, -0.15) is 8.78 Å². The second-order valence-corrected chi connectivity index (χ2v) is 4.84. The minimum atomic E-state index is -3.40. The van der Waals surface area contributed by atoms with Crippen molar-refractivity contribution in [2.24, 2.45) is 0 Å². The normalized spacial score (nSPS) is 37.9. The third kappa shape index (κ3) is 1.20. The number of rotatable bonds is 1. The van der Waals surface area contributed by atoms with E-state index in [1.807, 2.05) is 0 Å². The van der Waals surface area contributed by atoms with Crippen LogP contribution in [0.3, 0.4) is 0 Å². The molecule has 0 spiro atoms. The van der Waals surface area contributed by atoms with Crippen LogP contribution in [-0.4, -0.2) is 38.9 Å². The number of amides is 1. The molecule has 1 N–H and O–H groups in total. The Labute approximate surface area is 88.2 Å². The van der Waals surface area contributed by atoms with Gasteiger partial charge in [0.2, 0.25) is 5.91 Å². The molecule has 0 bridgehead atoms. The van der Waals surface area contributed by atoms with Crippen LogP contribution in [0.4, 0.5) is 8.78 Å². The van der Waals surface area contributed by atoms with E-state index in [4.69, 9.17) is 0 Å². The lowest BCUT2D eigenvalue weighted by Crippen LogP contribution is -2.52. The Kier molecular flexibility index (Phi) is 2.12. The Bertz CT molecular complexity index is 281. The molecule has 3 nitrogen and oxygen atoms in total. The summed E-state index contributed by atoms with van der Waals surface area (Å²) < 4.78 is 26.2. The molecule has 6 heteroatoms. The van der Waals surface area contributed by atoms with Crippen molar-refractivity contribution in [3.63, 3.8) is 0 Å². The van der Waals surface area contributed by atoms with Crippen molar-refractivity contribution in [1.29, 1.82) is 0 Å². The Morgan fingerprint density at radius 2 is 2.29 bits per heavy atom. The summed E-state index contributed by atoms with van der Waals surface area (Å²) in [5, 5.41) is 9.81. The van der Waals surface area contributed by atoms with E-state index in [1.165, 1.54) is 4.90 Å². The SMILES string of the molecule is O=C1CC(O)(C(F)(F)Br)C2CCCN12. The van der Waals surface area contributed by atoms with Crippen molar-refractivity contribution in [2.45, 2.75) is 35.7 Å².